The van der Waals surface area contributed by atoms with Crippen LogP contribution in [-0.2, 0) is 13.0 Å². The normalized spacial score (nSPS) is 16.3. The van der Waals surface area contributed by atoms with Crippen molar-refractivity contribution in [3.05, 3.63) is 59.7 Å². The molecule has 1 saturated heterocycles. The van der Waals surface area contributed by atoms with Crippen molar-refractivity contribution < 1.29 is 5.11 Å². The summed E-state index contributed by atoms with van der Waals surface area (Å²) >= 11 is 0. The Morgan fingerprint density at radius 2 is 1.58 bits per heavy atom. The zero-order chi connectivity index (χ0) is 16.8. The van der Waals surface area contributed by atoms with E-state index in [2.05, 4.69) is 40.1 Å². The molecule has 3 rings (SSSR count). The SMILES string of the molecule is Nc1cc(CCCN2CCN(Cc3ccccc3)CC2)ccc1O. The standard InChI is InChI=1S/C20H27N3O/c21-19-15-17(8-9-20(19)24)7-4-10-22-11-13-23(14-12-22)16-18-5-2-1-3-6-18/h1-3,5-6,8-9,15,24H,4,7,10-14,16,21H2. The van der Waals surface area contributed by atoms with Crippen LogP contribution in [0.3, 0.4) is 0 Å². The molecule has 0 unspecified atom stereocenters. The lowest BCUT2D eigenvalue weighted by molar-refractivity contribution is 0.126. The molecule has 0 spiro atoms. The van der Waals surface area contributed by atoms with Gasteiger partial charge in [-0.3, -0.25) is 4.90 Å². The molecule has 0 amide bonds. The summed E-state index contributed by atoms with van der Waals surface area (Å²) in [6, 6.07) is 16.2. The number of hydrogen-bond donors (Lipinski definition) is 2. The highest BCUT2D eigenvalue weighted by Gasteiger charge is 2.16. The average Bonchev–Trinajstić information content (AvgIpc) is 2.60. The number of nitrogens with zero attached hydrogens (tertiary/aromatic N) is 2. The summed E-state index contributed by atoms with van der Waals surface area (Å²) in [5.74, 6) is 0.174. The minimum atomic E-state index is 0.174. The maximum atomic E-state index is 9.47. The highest BCUT2D eigenvalue weighted by Crippen LogP contribution is 2.21. The third-order valence-corrected chi connectivity index (χ3v) is 4.75. The summed E-state index contributed by atoms with van der Waals surface area (Å²) in [5.41, 5.74) is 8.82. The minimum absolute atomic E-state index is 0.174. The molecule has 0 radical (unpaired) electrons. The van der Waals surface area contributed by atoms with Crippen molar-refractivity contribution in [3.8, 4) is 5.75 Å². The van der Waals surface area contributed by atoms with E-state index in [1.165, 1.54) is 11.1 Å². The Balaban J connectivity index is 1.37. The smallest absolute Gasteiger partial charge is 0.138 e. The van der Waals surface area contributed by atoms with E-state index >= 15 is 0 Å². The van der Waals surface area contributed by atoms with Gasteiger partial charge in [-0.1, -0.05) is 36.4 Å². The first kappa shape index (κ1) is 16.8. The molecule has 1 fully saturated rings. The Kier molecular flexibility index (Phi) is 5.72. The van der Waals surface area contributed by atoms with Gasteiger partial charge in [-0.25, -0.2) is 0 Å². The van der Waals surface area contributed by atoms with Crippen molar-refractivity contribution in [2.24, 2.45) is 0 Å². The number of phenols is 1. The number of phenolic OH excluding ortho intramolecular Hbond substituents is 1. The number of nitrogens with two attached hydrogens (primary N) is 1. The molecule has 128 valence electrons. The number of nitrogen functional groups attached to an aromatic ring is 1. The molecule has 2 aromatic carbocycles. The number of rotatable bonds is 6. The molecule has 0 aromatic heterocycles. The topological polar surface area (TPSA) is 52.7 Å². The summed E-state index contributed by atoms with van der Waals surface area (Å²) in [6.07, 6.45) is 2.14. The van der Waals surface area contributed by atoms with Gasteiger partial charge in [0.05, 0.1) is 5.69 Å². The van der Waals surface area contributed by atoms with Crippen LogP contribution in [0.15, 0.2) is 48.5 Å². The first-order valence-electron chi connectivity index (χ1n) is 8.77. The third kappa shape index (κ3) is 4.73. The van der Waals surface area contributed by atoms with Gasteiger partial charge in [-0.05, 0) is 42.6 Å². The Morgan fingerprint density at radius 1 is 0.875 bits per heavy atom. The molecular weight excluding hydrogens is 298 g/mol. The lowest BCUT2D eigenvalue weighted by Gasteiger charge is -2.34. The fourth-order valence-corrected chi connectivity index (χ4v) is 3.28. The Labute approximate surface area is 144 Å². The molecule has 24 heavy (non-hydrogen) atoms. The van der Waals surface area contributed by atoms with Gasteiger partial charge >= 0.3 is 0 Å². The lowest BCUT2D eigenvalue weighted by atomic mass is 10.1. The van der Waals surface area contributed by atoms with E-state index in [4.69, 9.17) is 5.73 Å². The molecule has 1 heterocycles. The first-order chi connectivity index (χ1) is 11.7. The van der Waals surface area contributed by atoms with Gasteiger partial charge in [0.2, 0.25) is 0 Å². The lowest BCUT2D eigenvalue weighted by Crippen LogP contribution is -2.46. The second-order valence-corrected chi connectivity index (χ2v) is 6.60. The van der Waals surface area contributed by atoms with Crippen LogP contribution in [0.1, 0.15) is 17.5 Å². The number of benzene rings is 2. The Hall–Kier alpha value is -2.04. The Morgan fingerprint density at radius 3 is 2.29 bits per heavy atom. The quantitative estimate of drug-likeness (QED) is 0.633. The molecular formula is C20H27N3O. The molecule has 1 aliphatic rings. The number of anilines is 1. The predicted octanol–water partition coefficient (Wildman–Crippen LogP) is 2.72. The van der Waals surface area contributed by atoms with Gasteiger partial charge in [0, 0.05) is 32.7 Å². The van der Waals surface area contributed by atoms with E-state index in [1.807, 2.05) is 12.1 Å². The molecule has 4 nitrogen and oxygen atoms in total. The molecule has 0 saturated carbocycles. The van der Waals surface area contributed by atoms with Crippen LogP contribution in [0, 0.1) is 0 Å². The summed E-state index contributed by atoms with van der Waals surface area (Å²) in [5, 5.41) is 9.47. The second-order valence-electron chi connectivity index (χ2n) is 6.60. The maximum absolute atomic E-state index is 9.47. The minimum Gasteiger partial charge on any atom is -0.506 e. The van der Waals surface area contributed by atoms with E-state index in [1.54, 1.807) is 6.07 Å². The van der Waals surface area contributed by atoms with Gasteiger partial charge < -0.3 is 15.7 Å². The van der Waals surface area contributed by atoms with Gasteiger partial charge in [-0.15, -0.1) is 0 Å². The van der Waals surface area contributed by atoms with Crippen LogP contribution >= 0.6 is 0 Å². The van der Waals surface area contributed by atoms with Crippen LogP contribution in [-0.4, -0.2) is 47.6 Å². The summed E-state index contributed by atoms with van der Waals surface area (Å²) in [4.78, 5) is 5.08. The zero-order valence-corrected chi connectivity index (χ0v) is 14.2. The molecule has 3 N–H and O–H groups in total. The van der Waals surface area contributed by atoms with Crippen molar-refractivity contribution in [1.82, 2.24) is 9.80 Å². The molecule has 0 atom stereocenters. The third-order valence-electron chi connectivity index (χ3n) is 4.75. The van der Waals surface area contributed by atoms with Crippen LogP contribution < -0.4 is 5.73 Å². The van der Waals surface area contributed by atoms with Crippen molar-refractivity contribution in [3.63, 3.8) is 0 Å². The first-order valence-corrected chi connectivity index (χ1v) is 8.77. The van der Waals surface area contributed by atoms with E-state index in [9.17, 15) is 5.11 Å². The highest BCUT2D eigenvalue weighted by molar-refractivity contribution is 5.53. The van der Waals surface area contributed by atoms with Crippen molar-refractivity contribution >= 4 is 5.69 Å². The van der Waals surface area contributed by atoms with Gasteiger partial charge in [0.1, 0.15) is 5.75 Å². The van der Waals surface area contributed by atoms with E-state index < -0.39 is 0 Å². The fraction of sp³-hybridized carbons (Fsp3) is 0.400. The Bertz CT molecular complexity index is 637. The molecule has 2 aromatic rings. The fourth-order valence-electron chi connectivity index (χ4n) is 3.28. The predicted molar refractivity (Wildman–Crippen MR) is 99.0 cm³/mol. The number of aromatic hydroxyl groups is 1. The summed E-state index contributed by atoms with van der Waals surface area (Å²) in [6.45, 7) is 6.75. The monoisotopic (exact) mass is 325 g/mol. The highest BCUT2D eigenvalue weighted by atomic mass is 16.3. The molecule has 1 aliphatic heterocycles. The van der Waals surface area contributed by atoms with Crippen LogP contribution in [0.5, 0.6) is 5.75 Å². The largest absolute Gasteiger partial charge is 0.506 e. The van der Waals surface area contributed by atoms with Gasteiger partial charge in [-0.2, -0.15) is 0 Å². The molecule has 0 aliphatic carbocycles. The number of piperazine rings is 1. The van der Waals surface area contributed by atoms with E-state index in [0.717, 1.165) is 52.1 Å². The summed E-state index contributed by atoms with van der Waals surface area (Å²) in [7, 11) is 0. The van der Waals surface area contributed by atoms with Crippen LogP contribution in [0.4, 0.5) is 5.69 Å². The number of hydrogen-bond acceptors (Lipinski definition) is 4. The van der Waals surface area contributed by atoms with Crippen molar-refractivity contribution in [1.29, 1.82) is 0 Å². The van der Waals surface area contributed by atoms with Gasteiger partial charge in [0.15, 0.2) is 0 Å². The van der Waals surface area contributed by atoms with Crippen molar-refractivity contribution in [2.45, 2.75) is 19.4 Å². The van der Waals surface area contributed by atoms with Gasteiger partial charge in [0.25, 0.3) is 0 Å². The number of aryl methyl sites for hydroxylation is 1. The van der Waals surface area contributed by atoms with Crippen molar-refractivity contribution in [2.75, 3.05) is 38.5 Å². The zero-order valence-electron chi connectivity index (χ0n) is 14.2. The van der Waals surface area contributed by atoms with E-state index in [0.29, 0.717) is 5.69 Å². The van der Waals surface area contributed by atoms with E-state index in [-0.39, 0.29) is 5.75 Å². The van der Waals surface area contributed by atoms with Crippen LogP contribution in [0.25, 0.3) is 0 Å². The average molecular weight is 325 g/mol. The van der Waals surface area contributed by atoms with Crippen LogP contribution in [0.2, 0.25) is 0 Å². The molecule has 0 bridgehead atoms. The maximum Gasteiger partial charge on any atom is 0.138 e. The summed E-state index contributed by atoms with van der Waals surface area (Å²) < 4.78 is 0. The second kappa shape index (κ2) is 8.18. The molecule has 4 heteroatoms.